The summed E-state index contributed by atoms with van der Waals surface area (Å²) in [6.07, 6.45) is 0. The molecular formula is C19H19NO2. The normalized spacial score (nSPS) is 10.9. The van der Waals surface area contributed by atoms with E-state index in [-0.39, 0.29) is 5.78 Å². The monoisotopic (exact) mass is 293 g/mol. The molecule has 0 amide bonds. The van der Waals surface area contributed by atoms with Crippen molar-refractivity contribution < 1.29 is 9.53 Å². The average Bonchev–Trinajstić information content (AvgIpc) is 2.79. The van der Waals surface area contributed by atoms with E-state index < -0.39 is 0 Å². The van der Waals surface area contributed by atoms with Gasteiger partial charge in [-0.05, 0) is 51.1 Å². The van der Waals surface area contributed by atoms with Crippen LogP contribution >= 0.6 is 0 Å². The fourth-order valence-electron chi connectivity index (χ4n) is 3.00. The van der Waals surface area contributed by atoms with Crippen LogP contribution in [0, 0.1) is 13.8 Å². The number of aromatic nitrogens is 1. The van der Waals surface area contributed by atoms with E-state index in [1.807, 2.05) is 25.1 Å². The van der Waals surface area contributed by atoms with E-state index in [0.717, 1.165) is 33.6 Å². The van der Waals surface area contributed by atoms with Gasteiger partial charge in [-0.25, -0.2) is 0 Å². The fourth-order valence-corrected chi connectivity index (χ4v) is 3.00. The number of carbonyl (C=O) groups is 1. The van der Waals surface area contributed by atoms with Gasteiger partial charge in [0.15, 0.2) is 5.78 Å². The van der Waals surface area contributed by atoms with Crippen molar-refractivity contribution in [1.82, 2.24) is 4.57 Å². The van der Waals surface area contributed by atoms with Gasteiger partial charge in [0.05, 0.1) is 12.6 Å². The molecule has 0 bridgehead atoms. The van der Waals surface area contributed by atoms with Gasteiger partial charge in [0.25, 0.3) is 0 Å². The molecule has 3 nitrogen and oxygen atoms in total. The molecule has 0 saturated heterocycles. The van der Waals surface area contributed by atoms with Crippen LogP contribution in [0.15, 0.2) is 42.5 Å². The zero-order valence-corrected chi connectivity index (χ0v) is 13.3. The number of ketones is 1. The Bertz CT molecular complexity index is 857. The minimum atomic E-state index is 0.0709. The lowest BCUT2D eigenvalue weighted by Crippen LogP contribution is -1.99. The van der Waals surface area contributed by atoms with E-state index in [2.05, 4.69) is 35.8 Å². The Labute approximate surface area is 130 Å². The molecule has 112 valence electrons. The second-order valence-electron chi connectivity index (χ2n) is 5.57. The van der Waals surface area contributed by atoms with Crippen LogP contribution in [0.3, 0.4) is 0 Å². The molecule has 1 aromatic heterocycles. The Kier molecular flexibility index (Phi) is 3.49. The summed E-state index contributed by atoms with van der Waals surface area (Å²) < 4.78 is 7.44. The van der Waals surface area contributed by atoms with E-state index >= 15 is 0 Å². The van der Waals surface area contributed by atoms with Crippen molar-refractivity contribution in [3.63, 3.8) is 0 Å². The van der Waals surface area contributed by atoms with Gasteiger partial charge in [0.1, 0.15) is 5.75 Å². The van der Waals surface area contributed by atoms with Crippen molar-refractivity contribution in [2.24, 2.45) is 0 Å². The van der Waals surface area contributed by atoms with Crippen LogP contribution in [0.2, 0.25) is 0 Å². The molecule has 3 aromatic rings. The lowest BCUT2D eigenvalue weighted by molar-refractivity contribution is 0.101. The lowest BCUT2D eigenvalue weighted by atomic mass is 10.1. The standard InChI is InChI=1S/C19H19NO2/c1-12-5-7-15(8-6-12)20-13(2)19(14(3)21)17-11-16(22-4)9-10-18(17)20/h5-11H,1-4H3. The molecule has 0 N–H and O–H groups in total. The van der Waals surface area contributed by atoms with Crippen LogP contribution in [-0.2, 0) is 0 Å². The van der Waals surface area contributed by atoms with E-state index in [4.69, 9.17) is 4.74 Å². The maximum Gasteiger partial charge on any atom is 0.162 e. The molecule has 0 aliphatic rings. The quantitative estimate of drug-likeness (QED) is 0.668. The molecule has 0 fully saturated rings. The van der Waals surface area contributed by atoms with Crippen molar-refractivity contribution in [1.29, 1.82) is 0 Å². The SMILES string of the molecule is COc1ccc2c(c1)c(C(C)=O)c(C)n2-c1ccc(C)cc1. The molecule has 0 aliphatic heterocycles. The fraction of sp³-hybridized carbons (Fsp3) is 0.211. The largest absolute Gasteiger partial charge is 0.497 e. The number of carbonyl (C=O) groups excluding carboxylic acids is 1. The molecule has 0 atom stereocenters. The van der Waals surface area contributed by atoms with Crippen molar-refractivity contribution in [3.05, 3.63) is 59.3 Å². The van der Waals surface area contributed by atoms with Crippen LogP contribution in [0.1, 0.15) is 28.5 Å². The number of methoxy groups -OCH3 is 1. The van der Waals surface area contributed by atoms with Gasteiger partial charge in [-0.3, -0.25) is 4.79 Å². The van der Waals surface area contributed by atoms with Crippen LogP contribution < -0.4 is 4.74 Å². The highest BCUT2D eigenvalue weighted by atomic mass is 16.5. The van der Waals surface area contributed by atoms with E-state index in [9.17, 15) is 4.79 Å². The van der Waals surface area contributed by atoms with Gasteiger partial charge >= 0.3 is 0 Å². The highest BCUT2D eigenvalue weighted by Crippen LogP contribution is 2.32. The number of aryl methyl sites for hydroxylation is 1. The van der Waals surface area contributed by atoms with Gasteiger partial charge in [-0.15, -0.1) is 0 Å². The number of Topliss-reactive ketones (excluding diaryl/α,β-unsaturated/α-hetero) is 1. The zero-order chi connectivity index (χ0) is 15.9. The molecule has 22 heavy (non-hydrogen) atoms. The van der Waals surface area contributed by atoms with Crippen LogP contribution in [0.4, 0.5) is 0 Å². The predicted octanol–water partition coefficient (Wildman–Crippen LogP) is 4.46. The third-order valence-corrected chi connectivity index (χ3v) is 4.06. The summed E-state index contributed by atoms with van der Waals surface area (Å²) in [6, 6.07) is 14.2. The number of nitrogens with zero attached hydrogens (tertiary/aromatic N) is 1. The topological polar surface area (TPSA) is 31.2 Å². The maximum absolute atomic E-state index is 12.1. The average molecular weight is 293 g/mol. The molecule has 0 radical (unpaired) electrons. The van der Waals surface area contributed by atoms with Crippen molar-refractivity contribution in [2.75, 3.05) is 7.11 Å². The Morgan fingerprint density at radius 1 is 1.05 bits per heavy atom. The molecule has 3 rings (SSSR count). The molecule has 0 spiro atoms. The van der Waals surface area contributed by atoms with Gasteiger partial charge in [-0.1, -0.05) is 17.7 Å². The number of hydrogen-bond donors (Lipinski definition) is 0. The summed E-state index contributed by atoms with van der Waals surface area (Å²) in [6.45, 7) is 5.67. The highest BCUT2D eigenvalue weighted by molar-refractivity contribution is 6.09. The lowest BCUT2D eigenvalue weighted by Gasteiger charge is -2.09. The second-order valence-corrected chi connectivity index (χ2v) is 5.57. The third-order valence-electron chi connectivity index (χ3n) is 4.06. The molecule has 2 aromatic carbocycles. The summed E-state index contributed by atoms with van der Waals surface area (Å²) in [5.41, 5.74) is 5.01. The summed E-state index contributed by atoms with van der Waals surface area (Å²) in [5.74, 6) is 0.831. The zero-order valence-electron chi connectivity index (χ0n) is 13.3. The minimum Gasteiger partial charge on any atom is -0.497 e. The van der Waals surface area contributed by atoms with Crippen LogP contribution in [0.5, 0.6) is 5.75 Å². The first-order chi connectivity index (χ1) is 10.5. The highest BCUT2D eigenvalue weighted by Gasteiger charge is 2.18. The van der Waals surface area contributed by atoms with Crippen molar-refractivity contribution in [2.45, 2.75) is 20.8 Å². The Balaban J connectivity index is 2.37. The number of rotatable bonds is 3. The first-order valence-electron chi connectivity index (χ1n) is 7.30. The Hall–Kier alpha value is -2.55. The molecule has 1 heterocycles. The van der Waals surface area contributed by atoms with E-state index in [1.165, 1.54) is 5.56 Å². The Morgan fingerprint density at radius 2 is 1.73 bits per heavy atom. The van der Waals surface area contributed by atoms with Crippen molar-refractivity contribution >= 4 is 16.7 Å². The predicted molar refractivity (Wildman–Crippen MR) is 89.3 cm³/mol. The maximum atomic E-state index is 12.1. The summed E-state index contributed by atoms with van der Waals surface area (Å²) in [5, 5.41) is 0.935. The molecule has 0 saturated carbocycles. The molecular weight excluding hydrogens is 274 g/mol. The molecule has 3 heteroatoms. The first kappa shape index (κ1) is 14.4. The van der Waals surface area contributed by atoms with Crippen molar-refractivity contribution in [3.8, 4) is 11.4 Å². The molecule has 0 unspecified atom stereocenters. The number of hydrogen-bond acceptors (Lipinski definition) is 2. The summed E-state index contributed by atoms with van der Waals surface area (Å²) in [7, 11) is 1.64. The van der Waals surface area contributed by atoms with E-state index in [1.54, 1.807) is 14.0 Å². The van der Waals surface area contributed by atoms with Crippen LogP contribution in [-0.4, -0.2) is 17.5 Å². The van der Waals surface area contributed by atoms with Gasteiger partial charge < -0.3 is 9.30 Å². The van der Waals surface area contributed by atoms with Crippen LogP contribution in [0.25, 0.3) is 16.6 Å². The second kappa shape index (κ2) is 5.34. The smallest absolute Gasteiger partial charge is 0.162 e. The van der Waals surface area contributed by atoms with Gasteiger partial charge in [0.2, 0.25) is 0 Å². The summed E-state index contributed by atoms with van der Waals surface area (Å²) >= 11 is 0. The molecule has 0 aliphatic carbocycles. The van der Waals surface area contributed by atoms with E-state index in [0.29, 0.717) is 0 Å². The summed E-state index contributed by atoms with van der Waals surface area (Å²) in [4.78, 5) is 12.1. The third kappa shape index (κ3) is 2.19. The number of ether oxygens (including phenoxy) is 1. The van der Waals surface area contributed by atoms with Gasteiger partial charge in [-0.2, -0.15) is 0 Å². The Morgan fingerprint density at radius 3 is 2.32 bits per heavy atom. The van der Waals surface area contributed by atoms with Gasteiger partial charge in [0, 0.05) is 22.3 Å². The number of fused-ring (bicyclic) bond motifs is 1. The number of benzene rings is 2. The first-order valence-corrected chi connectivity index (χ1v) is 7.30. The minimum absolute atomic E-state index is 0.0709.